The number of benzene rings is 3. The van der Waals surface area contributed by atoms with Gasteiger partial charge < -0.3 is 26.7 Å². The summed E-state index contributed by atoms with van der Waals surface area (Å²) in [5.41, 5.74) is 22.2. The minimum atomic E-state index is -0.0548. The lowest BCUT2D eigenvalue weighted by Crippen LogP contribution is -2.09. The van der Waals surface area contributed by atoms with Crippen LogP contribution in [0.5, 0.6) is 11.5 Å². The fraction of sp³-hybridized carbons (Fsp3) is 0.167. The van der Waals surface area contributed by atoms with Crippen LogP contribution >= 0.6 is 0 Å². The van der Waals surface area contributed by atoms with Crippen molar-refractivity contribution in [3.8, 4) is 22.6 Å². The largest absolute Gasteiger partial charge is 0.494 e. The molecule has 4 aromatic rings. The highest BCUT2D eigenvalue weighted by Gasteiger charge is 2.23. The number of rotatable bonds is 6. The van der Waals surface area contributed by atoms with E-state index in [0.29, 0.717) is 39.2 Å². The van der Waals surface area contributed by atoms with Gasteiger partial charge >= 0.3 is 0 Å². The third-order valence-corrected chi connectivity index (χ3v) is 5.39. The van der Waals surface area contributed by atoms with E-state index >= 15 is 0 Å². The number of Topliss-reactive ketones (excluding diaryl/α,β-unsaturated/α-hetero) is 1. The number of nitrogens with two attached hydrogens (primary N) is 3. The van der Waals surface area contributed by atoms with Crippen LogP contribution in [0, 0.1) is 0 Å². The summed E-state index contributed by atoms with van der Waals surface area (Å²) in [4.78, 5) is 17.8. The summed E-state index contributed by atoms with van der Waals surface area (Å²) >= 11 is 0. The maximum absolute atomic E-state index is 13.0. The first-order valence-electron chi connectivity index (χ1n) is 9.86. The summed E-state index contributed by atoms with van der Waals surface area (Å²) in [7, 11) is 3.06. The molecule has 0 aliphatic rings. The normalized spacial score (nSPS) is 11.1. The van der Waals surface area contributed by atoms with E-state index in [0.717, 1.165) is 16.5 Å². The van der Waals surface area contributed by atoms with E-state index in [1.165, 1.54) is 14.2 Å². The second-order valence-corrected chi connectivity index (χ2v) is 7.15. The molecule has 0 atom stereocenters. The van der Waals surface area contributed by atoms with Crippen LogP contribution in [0.3, 0.4) is 0 Å². The second-order valence-electron chi connectivity index (χ2n) is 7.15. The summed E-state index contributed by atoms with van der Waals surface area (Å²) in [6, 6.07) is 15.0. The van der Waals surface area contributed by atoms with Gasteiger partial charge in [0, 0.05) is 33.9 Å². The summed E-state index contributed by atoms with van der Waals surface area (Å²) in [5, 5.41) is 1.57. The minimum absolute atomic E-state index is 0.0548. The van der Waals surface area contributed by atoms with Gasteiger partial charge in [-0.3, -0.25) is 4.79 Å². The third-order valence-electron chi connectivity index (χ3n) is 5.39. The standard InChI is InChI=1S/C24H24N4O3/c1-30-19-12-15(24(31-2)23(27)22(19)26)20-13-6-3-4-8-16(13)28-17-9-5-7-14(21(17)20)18(29)10-11-25/h3-9,12H,10-11,25-27H2,1-2H3. The summed E-state index contributed by atoms with van der Waals surface area (Å²) < 4.78 is 11.1. The Morgan fingerprint density at radius 3 is 2.42 bits per heavy atom. The Morgan fingerprint density at radius 2 is 1.71 bits per heavy atom. The highest BCUT2D eigenvalue weighted by molar-refractivity contribution is 6.19. The molecule has 0 spiro atoms. The summed E-state index contributed by atoms with van der Waals surface area (Å²) in [6.07, 6.45) is 0.232. The fourth-order valence-corrected chi connectivity index (χ4v) is 3.97. The predicted octanol–water partition coefficient (Wildman–Crippen LogP) is 3.77. The number of carbonyl (C=O) groups is 1. The highest BCUT2D eigenvalue weighted by atomic mass is 16.5. The molecule has 0 bridgehead atoms. The third kappa shape index (κ3) is 3.29. The van der Waals surface area contributed by atoms with Gasteiger partial charge in [-0.05, 0) is 24.7 Å². The number of ether oxygens (including phenoxy) is 2. The van der Waals surface area contributed by atoms with Crippen molar-refractivity contribution < 1.29 is 14.3 Å². The van der Waals surface area contributed by atoms with Crippen molar-refractivity contribution in [3.63, 3.8) is 0 Å². The Hall–Kier alpha value is -3.84. The molecular formula is C24H24N4O3. The molecule has 1 heterocycles. The van der Waals surface area contributed by atoms with Crippen LogP contribution in [0.25, 0.3) is 32.9 Å². The maximum atomic E-state index is 13.0. The van der Waals surface area contributed by atoms with Crippen LogP contribution in [0.4, 0.5) is 11.4 Å². The average Bonchev–Trinajstić information content (AvgIpc) is 2.79. The first kappa shape index (κ1) is 20.4. The van der Waals surface area contributed by atoms with Gasteiger partial charge in [0.05, 0.1) is 25.3 Å². The molecule has 0 fully saturated rings. The van der Waals surface area contributed by atoms with Crippen molar-refractivity contribution in [2.75, 3.05) is 32.2 Å². The number of methoxy groups -OCH3 is 2. The first-order chi connectivity index (χ1) is 15.0. The van der Waals surface area contributed by atoms with E-state index in [1.807, 2.05) is 36.4 Å². The molecule has 6 N–H and O–H groups in total. The van der Waals surface area contributed by atoms with Gasteiger partial charge in [-0.2, -0.15) is 0 Å². The van der Waals surface area contributed by atoms with Gasteiger partial charge in [-0.25, -0.2) is 4.98 Å². The van der Waals surface area contributed by atoms with Crippen LogP contribution in [0.1, 0.15) is 16.8 Å². The molecule has 0 amide bonds. The molecule has 0 aliphatic heterocycles. The highest BCUT2D eigenvalue weighted by Crippen LogP contribution is 2.48. The number of nitrogens with zero attached hydrogens (tertiary/aromatic N) is 1. The topological polar surface area (TPSA) is 126 Å². The van der Waals surface area contributed by atoms with Crippen molar-refractivity contribution >= 4 is 39.0 Å². The Bertz CT molecular complexity index is 1320. The van der Waals surface area contributed by atoms with E-state index < -0.39 is 0 Å². The molecule has 0 saturated carbocycles. The van der Waals surface area contributed by atoms with Crippen LogP contribution in [0.15, 0.2) is 48.5 Å². The monoisotopic (exact) mass is 416 g/mol. The van der Waals surface area contributed by atoms with Crippen molar-refractivity contribution in [1.29, 1.82) is 0 Å². The molecule has 31 heavy (non-hydrogen) atoms. The van der Waals surface area contributed by atoms with Crippen LogP contribution < -0.4 is 26.7 Å². The number of hydrogen-bond donors (Lipinski definition) is 3. The zero-order valence-electron chi connectivity index (χ0n) is 17.4. The second kappa shape index (κ2) is 8.12. The number of aromatic nitrogens is 1. The molecule has 7 nitrogen and oxygen atoms in total. The number of anilines is 2. The Kier molecular flexibility index (Phi) is 5.35. The molecule has 0 unspecified atom stereocenters. The van der Waals surface area contributed by atoms with Gasteiger partial charge in [0.1, 0.15) is 17.1 Å². The van der Waals surface area contributed by atoms with Gasteiger partial charge in [0.2, 0.25) is 0 Å². The summed E-state index contributed by atoms with van der Waals surface area (Å²) in [6.45, 7) is 0.261. The number of carbonyl (C=O) groups excluding carboxylic acids is 1. The van der Waals surface area contributed by atoms with Crippen molar-refractivity contribution in [2.45, 2.75) is 6.42 Å². The molecule has 4 rings (SSSR count). The SMILES string of the molecule is COc1cc(-c2c3ccccc3nc3cccc(C(=O)CCN)c23)c(OC)c(N)c1N. The zero-order valence-corrected chi connectivity index (χ0v) is 17.4. The number of ketones is 1. The number of para-hydroxylation sites is 1. The number of nitrogen functional groups attached to an aromatic ring is 2. The molecule has 1 aromatic heterocycles. The number of pyridine rings is 1. The van der Waals surface area contributed by atoms with Crippen molar-refractivity contribution in [1.82, 2.24) is 4.98 Å². The Balaban J connectivity index is 2.24. The molecule has 0 aliphatic carbocycles. The minimum Gasteiger partial charge on any atom is -0.494 e. The fourth-order valence-electron chi connectivity index (χ4n) is 3.97. The van der Waals surface area contributed by atoms with Gasteiger partial charge in [0.15, 0.2) is 11.5 Å². The maximum Gasteiger partial charge on any atom is 0.164 e. The lowest BCUT2D eigenvalue weighted by molar-refractivity contribution is 0.0987. The van der Waals surface area contributed by atoms with E-state index in [4.69, 9.17) is 31.7 Å². The Morgan fingerprint density at radius 1 is 0.968 bits per heavy atom. The first-order valence-corrected chi connectivity index (χ1v) is 9.86. The van der Waals surface area contributed by atoms with Gasteiger partial charge in [0.25, 0.3) is 0 Å². The Labute approximate surface area is 179 Å². The van der Waals surface area contributed by atoms with Crippen LogP contribution in [-0.2, 0) is 0 Å². The van der Waals surface area contributed by atoms with E-state index in [2.05, 4.69) is 0 Å². The smallest absolute Gasteiger partial charge is 0.164 e. The quantitative estimate of drug-likeness (QED) is 0.248. The van der Waals surface area contributed by atoms with E-state index in [-0.39, 0.29) is 24.4 Å². The molecule has 7 heteroatoms. The van der Waals surface area contributed by atoms with Gasteiger partial charge in [-0.1, -0.05) is 30.3 Å². The summed E-state index contributed by atoms with van der Waals surface area (Å²) in [5.74, 6) is 0.783. The predicted molar refractivity (Wildman–Crippen MR) is 125 cm³/mol. The molecule has 158 valence electrons. The number of hydrogen-bond acceptors (Lipinski definition) is 7. The van der Waals surface area contributed by atoms with E-state index in [1.54, 1.807) is 12.1 Å². The van der Waals surface area contributed by atoms with Gasteiger partial charge in [-0.15, -0.1) is 0 Å². The molecule has 0 radical (unpaired) electrons. The molecular weight excluding hydrogens is 392 g/mol. The number of fused-ring (bicyclic) bond motifs is 2. The van der Waals surface area contributed by atoms with Crippen molar-refractivity contribution in [2.24, 2.45) is 5.73 Å². The van der Waals surface area contributed by atoms with Crippen LogP contribution in [0.2, 0.25) is 0 Å². The zero-order chi connectivity index (χ0) is 22.1. The molecule has 3 aromatic carbocycles. The lowest BCUT2D eigenvalue weighted by atomic mass is 9.90. The van der Waals surface area contributed by atoms with E-state index in [9.17, 15) is 4.79 Å². The average molecular weight is 416 g/mol. The van der Waals surface area contributed by atoms with Crippen molar-refractivity contribution in [3.05, 3.63) is 54.1 Å². The molecule has 0 saturated heterocycles. The van der Waals surface area contributed by atoms with Crippen LogP contribution in [-0.4, -0.2) is 31.5 Å². The lowest BCUT2D eigenvalue weighted by Gasteiger charge is -2.20.